The Bertz CT molecular complexity index is 711. The number of thiophene rings is 1. The van der Waals surface area contributed by atoms with Crippen LogP contribution in [0.2, 0.25) is 0 Å². The first-order valence-corrected chi connectivity index (χ1v) is 5.36. The largest absolute Gasteiger partial charge is 0.508 e. The smallest absolute Gasteiger partial charge is 0.256 e. The molecule has 0 saturated carbocycles. The van der Waals surface area contributed by atoms with E-state index in [1.807, 2.05) is 11.4 Å². The number of rotatable bonds is 0. The van der Waals surface area contributed by atoms with E-state index in [0.29, 0.717) is 5.39 Å². The zero-order valence-corrected chi connectivity index (χ0v) is 8.47. The van der Waals surface area contributed by atoms with Gasteiger partial charge in [0.05, 0.1) is 0 Å². The number of hydrogen-bond donors (Lipinski definition) is 2. The van der Waals surface area contributed by atoms with Gasteiger partial charge < -0.3 is 10.1 Å². The van der Waals surface area contributed by atoms with Gasteiger partial charge in [-0.15, -0.1) is 11.3 Å². The normalized spacial score (nSPS) is 11.2. The molecule has 0 bridgehead atoms. The van der Waals surface area contributed by atoms with E-state index in [4.69, 9.17) is 0 Å². The second kappa shape index (κ2) is 2.84. The lowest BCUT2D eigenvalue weighted by Gasteiger charge is -1.99. The molecule has 0 amide bonds. The van der Waals surface area contributed by atoms with Crippen LogP contribution < -0.4 is 5.56 Å². The Morgan fingerprint density at radius 3 is 2.87 bits per heavy atom. The van der Waals surface area contributed by atoms with Crippen LogP contribution in [0.5, 0.6) is 5.75 Å². The molecule has 2 aromatic heterocycles. The van der Waals surface area contributed by atoms with Crippen LogP contribution in [-0.2, 0) is 0 Å². The molecule has 2 N–H and O–H groups in total. The Hall–Kier alpha value is -1.81. The molecule has 0 atom stereocenters. The summed E-state index contributed by atoms with van der Waals surface area (Å²) in [5.74, 6) is 0.181. The van der Waals surface area contributed by atoms with Crippen LogP contribution >= 0.6 is 11.3 Å². The molecule has 3 rings (SSSR count). The first kappa shape index (κ1) is 8.49. The molecule has 4 heteroatoms. The van der Waals surface area contributed by atoms with Crippen molar-refractivity contribution in [1.82, 2.24) is 4.98 Å². The van der Waals surface area contributed by atoms with Crippen LogP contribution in [0.4, 0.5) is 0 Å². The highest BCUT2D eigenvalue weighted by Crippen LogP contribution is 2.27. The maximum Gasteiger partial charge on any atom is 0.256 e. The topological polar surface area (TPSA) is 53.1 Å². The second-order valence-corrected chi connectivity index (χ2v) is 4.26. The summed E-state index contributed by atoms with van der Waals surface area (Å²) in [6, 6.07) is 6.73. The van der Waals surface area contributed by atoms with Crippen LogP contribution in [0.15, 0.2) is 34.4 Å². The maximum absolute atomic E-state index is 11.7. The molecule has 1 aromatic carbocycles. The molecule has 0 saturated heterocycles. The van der Waals surface area contributed by atoms with E-state index in [1.165, 1.54) is 17.4 Å². The molecule has 3 aromatic rings. The van der Waals surface area contributed by atoms with Crippen LogP contribution in [0, 0.1) is 0 Å². The summed E-state index contributed by atoms with van der Waals surface area (Å²) in [4.78, 5) is 15.3. The second-order valence-electron chi connectivity index (χ2n) is 3.35. The molecule has 0 fully saturated rings. The highest BCUT2D eigenvalue weighted by atomic mass is 32.1. The Balaban J connectivity index is 2.69. The van der Waals surface area contributed by atoms with Gasteiger partial charge >= 0.3 is 0 Å². The fraction of sp³-hybridized carbons (Fsp3) is 0. The molecule has 0 aliphatic rings. The van der Waals surface area contributed by atoms with Crippen molar-refractivity contribution >= 4 is 32.3 Å². The molecule has 0 spiro atoms. The van der Waals surface area contributed by atoms with Gasteiger partial charge in [-0.05, 0) is 29.6 Å². The third-order valence-corrected chi connectivity index (χ3v) is 3.26. The van der Waals surface area contributed by atoms with E-state index >= 15 is 0 Å². The number of pyridine rings is 1. The quantitative estimate of drug-likeness (QED) is 0.607. The van der Waals surface area contributed by atoms with Gasteiger partial charge in [0.25, 0.3) is 5.56 Å². The molecule has 0 aliphatic heterocycles. The monoisotopic (exact) mass is 217 g/mol. The number of phenols is 1. The number of aromatic nitrogens is 1. The van der Waals surface area contributed by atoms with Gasteiger partial charge in [0.15, 0.2) is 0 Å². The first-order chi connectivity index (χ1) is 7.25. The maximum atomic E-state index is 11.7. The summed E-state index contributed by atoms with van der Waals surface area (Å²) in [5.41, 5.74) is -0.111. The van der Waals surface area contributed by atoms with Crippen molar-refractivity contribution in [2.75, 3.05) is 0 Å². The minimum Gasteiger partial charge on any atom is -0.508 e. The Kier molecular flexibility index (Phi) is 1.61. The standard InChI is InChI=1S/C11H7NO2S/c13-6-1-2-7-9(5-6)8-3-4-15-11(8)12-10(7)14/h1-5,13H,(H,12,14). The van der Waals surface area contributed by atoms with Gasteiger partial charge in [-0.3, -0.25) is 4.79 Å². The molecule has 0 radical (unpaired) electrons. The van der Waals surface area contributed by atoms with Crippen molar-refractivity contribution in [3.8, 4) is 5.75 Å². The lowest BCUT2D eigenvalue weighted by atomic mass is 10.1. The van der Waals surface area contributed by atoms with Gasteiger partial charge in [-0.25, -0.2) is 0 Å². The zero-order chi connectivity index (χ0) is 10.4. The number of hydrogen-bond acceptors (Lipinski definition) is 3. The number of nitrogens with one attached hydrogen (secondary N) is 1. The molecule has 2 heterocycles. The Labute approximate surface area is 88.6 Å². The number of fused-ring (bicyclic) bond motifs is 3. The van der Waals surface area contributed by atoms with Gasteiger partial charge in [0.2, 0.25) is 0 Å². The highest BCUT2D eigenvalue weighted by molar-refractivity contribution is 7.16. The van der Waals surface area contributed by atoms with E-state index in [9.17, 15) is 9.90 Å². The molecule has 74 valence electrons. The third-order valence-electron chi connectivity index (χ3n) is 2.43. The number of aromatic hydroxyl groups is 1. The third kappa shape index (κ3) is 1.15. The minimum absolute atomic E-state index is 0.111. The van der Waals surface area contributed by atoms with Crippen molar-refractivity contribution in [3.05, 3.63) is 40.0 Å². The average molecular weight is 217 g/mol. The highest BCUT2D eigenvalue weighted by Gasteiger charge is 2.06. The molecule has 0 aliphatic carbocycles. The van der Waals surface area contributed by atoms with E-state index < -0.39 is 0 Å². The lowest BCUT2D eigenvalue weighted by Crippen LogP contribution is -2.04. The number of phenolic OH excluding ortho intramolecular Hbond substituents is 1. The van der Waals surface area contributed by atoms with Gasteiger partial charge in [-0.2, -0.15) is 0 Å². The summed E-state index contributed by atoms with van der Waals surface area (Å²) in [5, 5.41) is 13.7. The molecular formula is C11H7NO2S. The van der Waals surface area contributed by atoms with Crippen molar-refractivity contribution in [1.29, 1.82) is 0 Å². The molecule has 3 nitrogen and oxygen atoms in total. The van der Waals surface area contributed by atoms with Crippen LogP contribution in [0.25, 0.3) is 21.0 Å². The molecular weight excluding hydrogens is 210 g/mol. The van der Waals surface area contributed by atoms with Gasteiger partial charge in [0.1, 0.15) is 10.6 Å². The molecule has 0 unspecified atom stereocenters. The fourth-order valence-electron chi connectivity index (χ4n) is 1.74. The number of benzene rings is 1. The predicted octanol–water partition coefficient (Wildman–Crippen LogP) is 2.45. The van der Waals surface area contributed by atoms with Crippen LogP contribution in [-0.4, -0.2) is 10.1 Å². The Morgan fingerprint density at radius 2 is 2.00 bits per heavy atom. The zero-order valence-electron chi connectivity index (χ0n) is 7.65. The van der Waals surface area contributed by atoms with Crippen molar-refractivity contribution in [2.45, 2.75) is 0 Å². The predicted molar refractivity (Wildman–Crippen MR) is 61.6 cm³/mol. The number of H-pyrrole nitrogens is 1. The van der Waals surface area contributed by atoms with E-state index in [1.54, 1.807) is 12.1 Å². The van der Waals surface area contributed by atoms with E-state index in [2.05, 4.69) is 4.98 Å². The van der Waals surface area contributed by atoms with E-state index in [-0.39, 0.29) is 11.3 Å². The number of aromatic amines is 1. The summed E-state index contributed by atoms with van der Waals surface area (Å²) in [6.07, 6.45) is 0. The van der Waals surface area contributed by atoms with Crippen LogP contribution in [0.1, 0.15) is 0 Å². The average Bonchev–Trinajstić information content (AvgIpc) is 2.65. The SMILES string of the molecule is O=c1[nH]c2sccc2c2cc(O)ccc12. The molecule has 15 heavy (non-hydrogen) atoms. The lowest BCUT2D eigenvalue weighted by molar-refractivity contribution is 0.476. The summed E-state index contributed by atoms with van der Waals surface area (Å²) >= 11 is 1.48. The van der Waals surface area contributed by atoms with Crippen LogP contribution in [0.3, 0.4) is 0 Å². The van der Waals surface area contributed by atoms with Crippen molar-refractivity contribution in [2.24, 2.45) is 0 Å². The summed E-state index contributed by atoms with van der Waals surface area (Å²) < 4.78 is 0. The van der Waals surface area contributed by atoms with Gasteiger partial charge in [-0.1, -0.05) is 0 Å². The first-order valence-electron chi connectivity index (χ1n) is 4.48. The van der Waals surface area contributed by atoms with Gasteiger partial charge in [0, 0.05) is 16.2 Å². The van der Waals surface area contributed by atoms with Crippen molar-refractivity contribution in [3.63, 3.8) is 0 Å². The minimum atomic E-state index is -0.111. The summed E-state index contributed by atoms with van der Waals surface area (Å²) in [7, 11) is 0. The fourth-order valence-corrected chi connectivity index (χ4v) is 2.54. The van der Waals surface area contributed by atoms with E-state index in [0.717, 1.165) is 15.6 Å². The van der Waals surface area contributed by atoms with Crippen molar-refractivity contribution < 1.29 is 5.11 Å². The Morgan fingerprint density at radius 1 is 1.13 bits per heavy atom. The summed E-state index contributed by atoms with van der Waals surface area (Å²) in [6.45, 7) is 0.